The molecule has 8 heteroatoms. The van der Waals surface area contributed by atoms with Crippen LogP contribution < -0.4 is 5.73 Å². The lowest BCUT2D eigenvalue weighted by Gasteiger charge is -2.37. The number of amides is 1. The molecule has 0 saturated heterocycles. The molecule has 1 amide bonds. The second-order valence-electron chi connectivity index (χ2n) is 8.48. The van der Waals surface area contributed by atoms with Gasteiger partial charge in [0.1, 0.15) is 11.6 Å². The first-order valence-electron chi connectivity index (χ1n) is 9.73. The molecule has 5 rings (SSSR count). The summed E-state index contributed by atoms with van der Waals surface area (Å²) in [5.74, 6) is -1.99. The fraction of sp³-hybridized carbons (Fsp3) is 0.318. The summed E-state index contributed by atoms with van der Waals surface area (Å²) in [6.45, 7) is 4.25. The lowest BCUT2D eigenvalue weighted by atomic mass is 9.66. The van der Waals surface area contributed by atoms with Crippen LogP contribution in [0.2, 0.25) is 0 Å². The summed E-state index contributed by atoms with van der Waals surface area (Å²) < 4.78 is 28.6. The molecule has 0 spiro atoms. The first kappa shape index (κ1) is 18.7. The summed E-state index contributed by atoms with van der Waals surface area (Å²) in [6.07, 6.45) is 3.16. The van der Waals surface area contributed by atoms with Crippen molar-refractivity contribution in [3.63, 3.8) is 0 Å². The Labute approximate surface area is 171 Å². The van der Waals surface area contributed by atoms with E-state index in [9.17, 15) is 13.6 Å². The van der Waals surface area contributed by atoms with Crippen LogP contribution in [0.25, 0.3) is 11.3 Å². The molecule has 2 aliphatic carbocycles. The molecular formula is C22H19F2N5O. The molecule has 2 atom stereocenters. The summed E-state index contributed by atoms with van der Waals surface area (Å²) in [7, 11) is 0. The monoisotopic (exact) mass is 407 g/mol. The van der Waals surface area contributed by atoms with Gasteiger partial charge in [-0.3, -0.25) is 4.79 Å². The Balaban J connectivity index is 1.72. The van der Waals surface area contributed by atoms with Crippen LogP contribution in [0.15, 0.2) is 36.5 Å². The maximum absolute atomic E-state index is 14.3. The van der Waals surface area contributed by atoms with Crippen molar-refractivity contribution in [1.82, 2.24) is 20.2 Å². The van der Waals surface area contributed by atoms with Crippen molar-refractivity contribution < 1.29 is 13.6 Å². The summed E-state index contributed by atoms with van der Waals surface area (Å²) in [5.41, 5.74) is 6.82. The summed E-state index contributed by atoms with van der Waals surface area (Å²) in [4.78, 5) is 20.1. The van der Waals surface area contributed by atoms with Crippen LogP contribution in [0, 0.1) is 17.0 Å². The Hall–Kier alpha value is -3.29. The van der Waals surface area contributed by atoms with Gasteiger partial charge in [0.05, 0.1) is 28.1 Å². The van der Waals surface area contributed by atoms with Crippen molar-refractivity contribution >= 4 is 5.91 Å². The molecule has 0 aliphatic heterocycles. The van der Waals surface area contributed by atoms with E-state index in [-0.39, 0.29) is 28.4 Å². The van der Waals surface area contributed by atoms with E-state index in [1.807, 2.05) is 0 Å². The third kappa shape index (κ3) is 2.24. The van der Waals surface area contributed by atoms with Crippen molar-refractivity contribution in [2.75, 3.05) is 0 Å². The predicted molar refractivity (Wildman–Crippen MR) is 104 cm³/mol. The second kappa shape index (κ2) is 6.10. The van der Waals surface area contributed by atoms with Gasteiger partial charge in [-0.25, -0.2) is 18.7 Å². The van der Waals surface area contributed by atoms with E-state index in [1.54, 1.807) is 12.1 Å². The topological polar surface area (TPSA) is 94.7 Å². The average molecular weight is 407 g/mol. The van der Waals surface area contributed by atoms with Crippen LogP contribution in [-0.2, 0) is 5.41 Å². The number of carbonyl (C=O) groups excluding carboxylic acids is 1. The highest BCUT2D eigenvalue weighted by Gasteiger charge is 2.65. The Morgan fingerprint density at radius 3 is 2.60 bits per heavy atom. The van der Waals surface area contributed by atoms with Gasteiger partial charge in [0.25, 0.3) is 5.91 Å². The smallest absolute Gasteiger partial charge is 0.286 e. The molecule has 2 N–H and O–H groups in total. The third-order valence-corrected chi connectivity index (χ3v) is 6.91. The maximum atomic E-state index is 14.3. The normalized spacial score (nSPS) is 23.4. The van der Waals surface area contributed by atoms with Crippen LogP contribution in [0.3, 0.4) is 0 Å². The Bertz CT molecular complexity index is 1190. The number of carbonyl (C=O) groups is 1. The molecule has 0 unspecified atom stereocenters. The van der Waals surface area contributed by atoms with Crippen LogP contribution in [0.4, 0.5) is 8.78 Å². The number of benzene rings is 1. The molecule has 1 saturated carbocycles. The van der Waals surface area contributed by atoms with Gasteiger partial charge in [-0.2, -0.15) is 5.10 Å². The van der Waals surface area contributed by atoms with Crippen LogP contribution in [0.1, 0.15) is 60.2 Å². The molecule has 0 radical (unpaired) electrons. The minimum absolute atomic E-state index is 0.0485. The van der Waals surface area contributed by atoms with Gasteiger partial charge in [0.15, 0.2) is 0 Å². The van der Waals surface area contributed by atoms with Gasteiger partial charge in [-0.15, -0.1) is 5.10 Å². The fourth-order valence-corrected chi connectivity index (χ4v) is 5.47. The number of halogens is 2. The molecule has 2 heterocycles. The molecular weight excluding hydrogens is 388 g/mol. The first-order valence-corrected chi connectivity index (χ1v) is 9.73. The van der Waals surface area contributed by atoms with E-state index in [4.69, 9.17) is 5.73 Å². The summed E-state index contributed by atoms with van der Waals surface area (Å²) in [5, 5.41) is 8.65. The lowest BCUT2D eigenvalue weighted by molar-refractivity contribution is 0.0989. The van der Waals surface area contributed by atoms with Crippen LogP contribution in [0.5, 0.6) is 0 Å². The largest absolute Gasteiger partial charge is 0.363 e. The van der Waals surface area contributed by atoms with E-state index >= 15 is 0 Å². The molecule has 2 aliphatic rings. The first-order chi connectivity index (χ1) is 14.3. The van der Waals surface area contributed by atoms with Crippen molar-refractivity contribution in [2.45, 2.75) is 38.0 Å². The number of fused-ring (bicyclic) bond motifs is 5. The minimum Gasteiger partial charge on any atom is -0.363 e. The van der Waals surface area contributed by atoms with Gasteiger partial charge in [0.2, 0.25) is 5.82 Å². The molecule has 6 nitrogen and oxygen atoms in total. The standard InChI is InChI=1S/C22H19F2N5O/c1-21(2)12-6-8-22(21,16-7-9-26-20(27-16)19(25)30)18-11(12)10-15(28-29-18)17-13(23)4-3-5-14(17)24/h3-5,7,9-10,12H,6,8H2,1-2H3,(H2,25,30)/t12-,22-/m0/s1. The van der Waals surface area contributed by atoms with E-state index in [0.29, 0.717) is 5.69 Å². The maximum Gasteiger partial charge on any atom is 0.286 e. The number of aromatic nitrogens is 4. The Morgan fingerprint density at radius 2 is 1.90 bits per heavy atom. The number of rotatable bonds is 3. The van der Waals surface area contributed by atoms with Crippen molar-refractivity contribution in [1.29, 1.82) is 0 Å². The molecule has 1 fully saturated rings. The highest BCUT2D eigenvalue weighted by molar-refractivity contribution is 5.88. The van der Waals surface area contributed by atoms with Gasteiger partial charge in [-0.1, -0.05) is 19.9 Å². The lowest BCUT2D eigenvalue weighted by Crippen LogP contribution is -2.38. The van der Waals surface area contributed by atoms with Gasteiger partial charge < -0.3 is 5.73 Å². The second-order valence-corrected chi connectivity index (χ2v) is 8.48. The Kier molecular flexibility index (Phi) is 3.81. The van der Waals surface area contributed by atoms with Crippen LogP contribution in [-0.4, -0.2) is 26.1 Å². The zero-order valence-electron chi connectivity index (χ0n) is 16.5. The molecule has 1 aromatic carbocycles. The minimum atomic E-state index is -0.699. The number of hydrogen-bond acceptors (Lipinski definition) is 5. The quantitative estimate of drug-likeness (QED) is 0.717. The average Bonchev–Trinajstić information content (AvgIpc) is 3.09. The zero-order valence-corrected chi connectivity index (χ0v) is 16.5. The van der Waals surface area contributed by atoms with Gasteiger partial charge >= 0.3 is 0 Å². The molecule has 2 bridgehead atoms. The predicted octanol–water partition coefficient (Wildman–Crippen LogP) is 3.51. The van der Waals surface area contributed by atoms with E-state index < -0.39 is 23.0 Å². The molecule has 2 aromatic heterocycles. The summed E-state index contributed by atoms with van der Waals surface area (Å²) in [6, 6.07) is 7.25. The third-order valence-electron chi connectivity index (χ3n) is 6.91. The van der Waals surface area contributed by atoms with Crippen molar-refractivity contribution in [3.8, 4) is 11.3 Å². The van der Waals surface area contributed by atoms with Gasteiger partial charge in [-0.05, 0) is 54.0 Å². The molecule has 152 valence electrons. The van der Waals surface area contributed by atoms with Crippen molar-refractivity contribution in [3.05, 3.63) is 70.9 Å². The number of hydrogen-bond donors (Lipinski definition) is 1. The van der Waals surface area contributed by atoms with E-state index in [2.05, 4.69) is 34.0 Å². The molecule has 3 aromatic rings. The van der Waals surface area contributed by atoms with Crippen LogP contribution >= 0.6 is 0 Å². The van der Waals surface area contributed by atoms with E-state index in [0.717, 1.165) is 24.1 Å². The highest BCUT2D eigenvalue weighted by atomic mass is 19.1. The SMILES string of the molecule is CC1(C)[C@H]2CC[C@]1(c1ccnc(C(N)=O)n1)c1nnc(-c3c(F)cccc3F)cc12. The van der Waals surface area contributed by atoms with Gasteiger partial charge in [0, 0.05) is 6.20 Å². The van der Waals surface area contributed by atoms with E-state index in [1.165, 1.54) is 24.4 Å². The molecule has 30 heavy (non-hydrogen) atoms. The number of nitrogens with two attached hydrogens (primary N) is 1. The summed E-state index contributed by atoms with van der Waals surface area (Å²) >= 11 is 0. The number of nitrogens with zero attached hydrogens (tertiary/aromatic N) is 4. The fourth-order valence-electron chi connectivity index (χ4n) is 5.47. The highest BCUT2D eigenvalue weighted by Crippen LogP contribution is 2.69. The Morgan fingerprint density at radius 1 is 1.17 bits per heavy atom. The number of primary amides is 1. The zero-order chi connectivity index (χ0) is 21.3. The van der Waals surface area contributed by atoms with Crippen molar-refractivity contribution in [2.24, 2.45) is 11.1 Å².